The normalized spacial score (nSPS) is 16.8. The van der Waals surface area contributed by atoms with Crippen molar-refractivity contribution in [3.05, 3.63) is 87.3 Å². The van der Waals surface area contributed by atoms with Crippen LogP contribution in [0.15, 0.2) is 53.9 Å². The molecule has 1 aliphatic rings. The molecule has 0 saturated carbocycles. The van der Waals surface area contributed by atoms with Gasteiger partial charge >= 0.3 is 5.97 Å². The third kappa shape index (κ3) is 4.96. The van der Waals surface area contributed by atoms with Crippen LogP contribution in [-0.2, 0) is 24.9 Å². The summed E-state index contributed by atoms with van der Waals surface area (Å²) in [6.45, 7) is 12.4. The average Bonchev–Trinajstić information content (AvgIpc) is 3.52. The van der Waals surface area contributed by atoms with Crippen molar-refractivity contribution in [1.29, 1.82) is 0 Å². The molecule has 6 rings (SSSR count). The molecule has 42 heavy (non-hydrogen) atoms. The molecule has 1 unspecified atom stereocenters. The van der Waals surface area contributed by atoms with Gasteiger partial charge in [0.2, 0.25) is 0 Å². The number of ether oxygens (including phenoxy) is 1. The second-order valence-electron chi connectivity index (χ2n) is 12.2. The molecule has 3 heterocycles. The number of hydrogen-bond donors (Lipinski definition) is 1. The Morgan fingerprint density at radius 2 is 1.98 bits per heavy atom. The zero-order valence-corrected chi connectivity index (χ0v) is 26.0. The van der Waals surface area contributed by atoms with Gasteiger partial charge in [0.1, 0.15) is 17.4 Å². The van der Waals surface area contributed by atoms with Gasteiger partial charge in [-0.3, -0.25) is 9.69 Å². The first-order chi connectivity index (χ1) is 20.1. The summed E-state index contributed by atoms with van der Waals surface area (Å²) in [4.78, 5) is 15.2. The van der Waals surface area contributed by atoms with E-state index in [1.165, 1.54) is 26.8 Å². The molecule has 0 saturated heterocycles. The predicted octanol–water partition coefficient (Wildman–Crippen LogP) is 7.22. The fraction of sp³-hybridized carbons (Fsp3) is 0.382. The fourth-order valence-corrected chi connectivity index (χ4v) is 7.17. The molecule has 3 aromatic carbocycles. The maximum Gasteiger partial charge on any atom is 0.310 e. The van der Waals surface area contributed by atoms with Crippen molar-refractivity contribution >= 4 is 38.4 Å². The van der Waals surface area contributed by atoms with E-state index in [-0.39, 0.29) is 12.0 Å². The molecular weight excluding hydrogens is 544 g/mol. The van der Waals surface area contributed by atoms with Gasteiger partial charge in [-0.05, 0) is 97.0 Å². The van der Waals surface area contributed by atoms with Crippen LogP contribution >= 0.6 is 11.3 Å². The fourth-order valence-electron chi connectivity index (χ4n) is 6.37. The SMILES string of the molecule is CC[C@@H]1CN(Cc2cc(C(c3ccc4c(nnn4C)c3C)C(C)(C)C(=O)O)ccc2C)Cc2cc3ccsc3cc2O1. The highest BCUT2D eigenvalue weighted by Gasteiger charge is 2.40. The van der Waals surface area contributed by atoms with Crippen LogP contribution in [0.1, 0.15) is 66.5 Å². The lowest BCUT2D eigenvalue weighted by atomic mass is 9.69. The lowest BCUT2D eigenvalue weighted by Crippen LogP contribution is -2.33. The maximum absolute atomic E-state index is 12.7. The monoisotopic (exact) mass is 582 g/mol. The number of carboxylic acid groups (broad SMARTS) is 1. The first-order valence-electron chi connectivity index (χ1n) is 14.6. The number of nitrogens with zero attached hydrogens (tertiary/aromatic N) is 4. The first kappa shape index (κ1) is 28.4. The smallest absolute Gasteiger partial charge is 0.310 e. The summed E-state index contributed by atoms with van der Waals surface area (Å²) in [6, 6.07) is 17.1. The van der Waals surface area contributed by atoms with Crippen LogP contribution < -0.4 is 4.74 Å². The minimum Gasteiger partial charge on any atom is -0.489 e. The van der Waals surface area contributed by atoms with Crippen molar-refractivity contribution < 1.29 is 14.6 Å². The van der Waals surface area contributed by atoms with E-state index >= 15 is 0 Å². The highest BCUT2D eigenvalue weighted by molar-refractivity contribution is 7.17. The van der Waals surface area contributed by atoms with Crippen LogP contribution in [0.5, 0.6) is 5.75 Å². The van der Waals surface area contributed by atoms with Gasteiger partial charge in [-0.15, -0.1) is 16.4 Å². The summed E-state index contributed by atoms with van der Waals surface area (Å²) in [5.41, 5.74) is 7.22. The summed E-state index contributed by atoms with van der Waals surface area (Å²) in [5, 5.41) is 22.4. The van der Waals surface area contributed by atoms with Gasteiger partial charge in [-0.1, -0.05) is 36.4 Å². The van der Waals surface area contributed by atoms with Gasteiger partial charge in [0, 0.05) is 42.9 Å². The molecule has 7 nitrogen and oxygen atoms in total. The Hall–Kier alpha value is -3.75. The van der Waals surface area contributed by atoms with Gasteiger partial charge in [0.05, 0.1) is 10.9 Å². The Balaban J connectivity index is 1.40. The van der Waals surface area contributed by atoms with Crippen LogP contribution in [0.3, 0.4) is 0 Å². The zero-order valence-electron chi connectivity index (χ0n) is 25.1. The maximum atomic E-state index is 12.7. The number of aromatic nitrogens is 3. The molecule has 0 spiro atoms. The topological polar surface area (TPSA) is 80.5 Å². The number of carboxylic acids is 1. The molecule has 0 bridgehead atoms. The molecule has 2 aromatic heterocycles. The van der Waals surface area contributed by atoms with E-state index in [0.717, 1.165) is 59.5 Å². The largest absolute Gasteiger partial charge is 0.489 e. The molecule has 5 aromatic rings. The van der Waals surface area contributed by atoms with Crippen molar-refractivity contribution in [2.75, 3.05) is 6.54 Å². The van der Waals surface area contributed by atoms with Crippen molar-refractivity contribution in [3.8, 4) is 5.75 Å². The first-order valence-corrected chi connectivity index (χ1v) is 15.5. The number of aryl methyl sites for hydroxylation is 3. The summed E-state index contributed by atoms with van der Waals surface area (Å²) in [5.74, 6) is -0.216. The molecule has 218 valence electrons. The van der Waals surface area contributed by atoms with E-state index < -0.39 is 11.4 Å². The summed E-state index contributed by atoms with van der Waals surface area (Å²) >= 11 is 1.75. The summed E-state index contributed by atoms with van der Waals surface area (Å²) in [6.07, 6.45) is 1.03. The van der Waals surface area contributed by atoms with Gasteiger partial charge in [-0.25, -0.2) is 4.68 Å². The average molecular weight is 583 g/mol. The van der Waals surface area contributed by atoms with E-state index in [4.69, 9.17) is 4.74 Å². The van der Waals surface area contributed by atoms with E-state index in [0.29, 0.717) is 0 Å². The molecule has 0 radical (unpaired) electrons. The number of rotatable bonds is 7. The van der Waals surface area contributed by atoms with Crippen molar-refractivity contribution in [2.45, 2.75) is 66.2 Å². The molecule has 0 fully saturated rings. The van der Waals surface area contributed by atoms with Crippen LogP contribution in [-0.4, -0.2) is 43.6 Å². The highest BCUT2D eigenvalue weighted by Crippen LogP contribution is 2.44. The Bertz CT molecular complexity index is 1800. The zero-order chi connectivity index (χ0) is 29.8. The summed E-state index contributed by atoms with van der Waals surface area (Å²) in [7, 11) is 1.87. The quantitative estimate of drug-likeness (QED) is 0.218. The van der Waals surface area contributed by atoms with Gasteiger partial charge in [-0.2, -0.15) is 0 Å². The van der Waals surface area contributed by atoms with E-state index in [2.05, 4.69) is 76.9 Å². The number of aliphatic carboxylic acids is 1. The van der Waals surface area contributed by atoms with Crippen LogP contribution in [0.25, 0.3) is 21.1 Å². The van der Waals surface area contributed by atoms with Crippen molar-refractivity contribution in [2.24, 2.45) is 12.5 Å². The molecule has 0 amide bonds. The van der Waals surface area contributed by atoms with Crippen molar-refractivity contribution in [3.63, 3.8) is 0 Å². The molecule has 8 heteroatoms. The standard InChI is InChI=1S/C34H38N4O3S/c1-7-26-19-38(18-25-14-22-12-13-42-30(22)16-29(25)41-26)17-24-15-23(9-8-20(24)2)31(34(4,5)33(39)40)27-10-11-28-32(21(27)3)35-36-37(28)6/h8-16,26,31H,7,17-19H2,1-6H3,(H,39,40)/t26-,31?/m1/s1. The van der Waals surface area contributed by atoms with Gasteiger partial charge in [0.25, 0.3) is 0 Å². The second-order valence-corrected chi connectivity index (χ2v) is 13.2. The number of thiophene rings is 1. The Labute approximate surface area is 250 Å². The molecule has 1 aliphatic heterocycles. The van der Waals surface area contributed by atoms with E-state index in [1.807, 2.05) is 33.9 Å². The Morgan fingerprint density at radius 3 is 2.74 bits per heavy atom. The van der Waals surface area contributed by atoms with Gasteiger partial charge in [0.15, 0.2) is 0 Å². The predicted molar refractivity (Wildman–Crippen MR) is 168 cm³/mol. The van der Waals surface area contributed by atoms with Crippen molar-refractivity contribution in [1.82, 2.24) is 19.9 Å². The minimum atomic E-state index is -1.05. The molecule has 1 N–H and O–H groups in total. The number of fused-ring (bicyclic) bond motifs is 3. The van der Waals surface area contributed by atoms with E-state index in [1.54, 1.807) is 16.0 Å². The lowest BCUT2D eigenvalue weighted by Gasteiger charge is -2.33. The number of hydrogen-bond acceptors (Lipinski definition) is 6. The number of benzene rings is 3. The Morgan fingerprint density at radius 1 is 1.17 bits per heavy atom. The molecule has 2 atom stereocenters. The Kier molecular flexibility index (Phi) is 7.31. The molecular formula is C34H38N4O3S. The lowest BCUT2D eigenvalue weighted by molar-refractivity contribution is -0.147. The third-order valence-electron chi connectivity index (χ3n) is 9.00. The third-order valence-corrected chi connectivity index (χ3v) is 9.88. The highest BCUT2D eigenvalue weighted by atomic mass is 32.1. The van der Waals surface area contributed by atoms with E-state index in [9.17, 15) is 9.90 Å². The van der Waals surface area contributed by atoms with Crippen LogP contribution in [0.2, 0.25) is 0 Å². The molecule has 0 aliphatic carbocycles. The van der Waals surface area contributed by atoms with Crippen LogP contribution in [0.4, 0.5) is 0 Å². The van der Waals surface area contributed by atoms with Crippen LogP contribution in [0, 0.1) is 19.3 Å². The number of carbonyl (C=O) groups is 1. The summed E-state index contributed by atoms with van der Waals surface area (Å²) < 4.78 is 9.52. The van der Waals surface area contributed by atoms with Gasteiger partial charge < -0.3 is 9.84 Å². The minimum absolute atomic E-state index is 0.104. The second kappa shape index (κ2) is 10.8.